The van der Waals surface area contributed by atoms with E-state index in [1.54, 1.807) is 26.0 Å². The van der Waals surface area contributed by atoms with Crippen molar-refractivity contribution in [2.24, 2.45) is 39.7 Å². The number of hydrogen-bond donors (Lipinski definition) is 5. The van der Waals surface area contributed by atoms with E-state index >= 15 is 0 Å². The number of rotatable bonds is 9. The van der Waals surface area contributed by atoms with Gasteiger partial charge < -0.3 is 36.1 Å². The molecule has 11 heteroatoms. The first-order valence-corrected chi connectivity index (χ1v) is 18.6. The Kier molecular flexibility index (Phi) is 7.95. The minimum Gasteiger partial charge on any atom is -0.393 e. The van der Waals surface area contributed by atoms with Crippen LogP contribution in [0.15, 0.2) is 48.1 Å². The monoisotopic (exact) mass is 701 g/mol. The SMILES string of the molecule is C[C@H](N)C(=O)N[C@@H](C)C(=O)NC12CC(Cc3ccc([C@@H]4O[C@@H]5C[C@H]6[C@@H]7CCC8=CC(=O)C=C[C@]8(C)[C@H]7[C@@H](O)C[C@]6(C)[C@]5(C(=O)CO)O4)cc3)(C1)C2. The average molecular weight is 702 g/mol. The Morgan fingerprint density at radius 3 is 2.45 bits per heavy atom. The van der Waals surface area contributed by atoms with Crippen LogP contribution in [-0.2, 0) is 35.1 Å². The van der Waals surface area contributed by atoms with E-state index in [4.69, 9.17) is 15.2 Å². The summed E-state index contributed by atoms with van der Waals surface area (Å²) in [7, 11) is 0. The Hall–Kier alpha value is -3.22. The molecule has 6 saturated carbocycles. The number of hydrogen-bond acceptors (Lipinski definition) is 9. The maximum Gasteiger partial charge on any atom is 0.242 e. The van der Waals surface area contributed by atoms with Gasteiger partial charge in [-0.2, -0.15) is 0 Å². The van der Waals surface area contributed by atoms with E-state index in [1.807, 2.05) is 25.1 Å². The first-order valence-electron chi connectivity index (χ1n) is 18.6. The summed E-state index contributed by atoms with van der Waals surface area (Å²) >= 11 is 0. The van der Waals surface area contributed by atoms with Crippen molar-refractivity contribution >= 4 is 23.4 Å². The lowest BCUT2D eigenvalue weighted by molar-refractivity contribution is -0.201. The average Bonchev–Trinajstić information content (AvgIpc) is 3.56. The fourth-order valence-electron chi connectivity index (χ4n) is 12.2. The lowest BCUT2D eigenvalue weighted by Crippen LogP contribution is -2.76. The second-order valence-electron chi connectivity index (χ2n) is 17.6. The fourth-order valence-corrected chi connectivity index (χ4v) is 12.2. The number of benzene rings is 1. The molecule has 7 fully saturated rings. The third-order valence-electron chi connectivity index (χ3n) is 14.3. The molecule has 9 rings (SSSR count). The molecule has 0 radical (unpaired) electrons. The van der Waals surface area contributed by atoms with Crippen LogP contribution in [0.4, 0.5) is 0 Å². The van der Waals surface area contributed by atoms with Crippen LogP contribution in [0, 0.1) is 34.0 Å². The van der Waals surface area contributed by atoms with Crippen molar-refractivity contribution < 1.29 is 38.9 Å². The first-order chi connectivity index (χ1) is 24.1. The van der Waals surface area contributed by atoms with Gasteiger partial charge in [-0.3, -0.25) is 19.2 Å². The van der Waals surface area contributed by atoms with Gasteiger partial charge in [-0.05, 0) is 100 Å². The lowest BCUT2D eigenvalue weighted by atomic mass is 9.38. The summed E-state index contributed by atoms with van der Waals surface area (Å²) in [6.07, 6.45) is 9.34. The number of carbonyl (C=O) groups excluding carboxylic acids is 4. The summed E-state index contributed by atoms with van der Waals surface area (Å²) in [5.74, 6) is -0.903. The molecule has 1 heterocycles. The van der Waals surface area contributed by atoms with Crippen LogP contribution in [0.1, 0.15) is 90.1 Å². The van der Waals surface area contributed by atoms with E-state index in [9.17, 15) is 29.4 Å². The number of carbonyl (C=O) groups is 4. The molecule has 8 aliphatic rings. The Bertz CT molecular complexity index is 1720. The van der Waals surface area contributed by atoms with Crippen molar-refractivity contribution in [2.75, 3.05) is 6.61 Å². The van der Waals surface area contributed by atoms with Gasteiger partial charge in [0.2, 0.25) is 11.8 Å². The van der Waals surface area contributed by atoms with Gasteiger partial charge in [0.25, 0.3) is 0 Å². The molecule has 11 atom stereocenters. The Morgan fingerprint density at radius 1 is 1.08 bits per heavy atom. The van der Waals surface area contributed by atoms with Crippen LogP contribution in [0.3, 0.4) is 0 Å². The van der Waals surface area contributed by atoms with Crippen LogP contribution in [-0.4, -0.2) is 75.6 Å². The Balaban J connectivity index is 0.940. The highest BCUT2D eigenvalue weighted by molar-refractivity contribution is 6.01. The van der Waals surface area contributed by atoms with Crippen LogP contribution < -0.4 is 16.4 Å². The summed E-state index contributed by atoms with van der Waals surface area (Å²) in [6, 6.07) is 6.80. The standard InChI is InChI=1S/C40H51N3O8/c1-21(41)33(48)42-22(2)34(49)43-39-18-38(19-39,20-39)15-23-5-7-24(8-6-23)35-50-31-14-28-27-10-9-25-13-26(45)11-12-36(25,3)32(27)29(46)16-37(28,4)40(31,51-35)30(47)17-44/h5-8,11-13,21-22,27-29,31-32,35,44,46H,9-10,14-20,41H2,1-4H3,(H,42,48)(H,43,49)/t21-,22-,27-,28-,29-,31+,32+,35+,36-,37-,38?,39?,40+/m0/s1. The summed E-state index contributed by atoms with van der Waals surface area (Å²) in [4.78, 5) is 50.7. The molecule has 7 aliphatic carbocycles. The van der Waals surface area contributed by atoms with Crippen molar-refractivity contribution in [3.63, 3.8) is 0 Å². The topological polar surface area (TPSA) is 177 Å². The van der Waals surface area contributed by atoms with Gasteiger partial charge in [0.05, 0.1) is 18.2 Å². The van der Waals surface area contributed by atoms with E-state index in [-0.39, 0.29) is 46.3 Å². The van der Waals surface area contributed by atoms with Crippen molar-refractivity contribution in [1.29, 1.82) is 0 Å². The van der Waals surface area contributed by atoms with Gasteiger partial charge in [-0.25, -0.2) is 0 Å². The highest BCUT2D eigenvalue weighted by atomic mass is 16.7. The van der Waals surface area contributed by atoms with Gasteiger partial charge in [0, 0.05) is 27.9 Å². The molecule has 2 amide bonds. The maximum absolute atomic E-state index is 13.9. The molecule has 0 spiro atoms. The van der Waals surface area contributed by atoms with E-state index in [0.29, 0.717) is 12.8 Å². The summed E-state index contributed by atoms with van der Waals surface area (Å²) in [6.45, 7) is 6.75. The minimum atomic E-state index is -1.38. The van der Waals surface area contributed by atoms with E-state index in [2.05, 4.69) is 29.7 Å². The minimum absolute atomic E-state index is 0.00852. The second-order valence-corrected chi connectivity index (χ2v) is 17.6. The molecule has 11 nitrogen and oxygen atoms in total. The molecule has 1 saturated heterocycles. The molecule has 274 valence electrons. The van der Waals surface area contributed by atoms with E-state index in [0.717, 1.165) is 49.7 Å². The highest BCUT2D eigenvalue weighted by Gasteiger charge is 2.76. The van der Waals surface area contributed by atoms with Gasteiger partial charge in [-0.1, -0.05) is 49.8 Å². The lowest BCUT2D eigenvalue weighted by Gasteiger charge is -2.71. The number of aliphatic hydroxyl groups excluding tert-OH is 2. The zero-order valence-electron chi connectivity index (χ0n) is 29.9. The fraction of sp³-hybridized carbons (Fsp3) is 0.650. The molecule has 0 aromatic heterocycles. The third kappa shape index (κ3) is 5.01. The van der Waals surface area contributed by atoms with Gasteiger partial charge >= 0.3 is 0 Å². The summed E-state index contributed by atoms with van der Waals surface area (Å²) in [5, 5.41) is 28.0. The van der Waals surface area contributed by atoms with Crippen LogP contribution >= 0.6 is 0 Å². The normalized spacial score (nSPS) is 44.0. The predicted molar refractivity (Wildman–Crippen MR) is 185 cm³/mol. The molecule has 6 N–H and O–H groups in total. The van der Waals surface area contributed by atoms with Crippen molar-refractivity contribution in [1.82, 2.24) is 10.6 Å². The number of Topliss-reactive ketones (excluding diaryl/α,β-unsaturated/α-hetero) is 1. The molecule has 1 aromatic rings. The number of allylic oxidation sites excluding steroid dienone is 4. The highest BCUT2D eigenvalue weighted by Crippen LogP contribution is 2.71. The molecular weight excluding hydrogens is 650 g/mol. The third-order valence-corrected chi connectivity index (χ3v) is 14.3. The molecule has 1 aliphatic heterocycles. The largest absolute Gasteiger partial charge is 0.393 e. The number of aliphatic hydroxyl groups is 2. The first kappa shape index (κ1) is 34.8. The van der Waals surface area contributed by atoms with E-state index < -0.39 is 59.4 Å². The number of ether oxygens (including phenoxy) is 2. The zero-order chi connectivity index (χ0) is 36.3. The zero-order valence-corrected chi connectivity index (χ0v) is 29.9. The molecule has 0 unspecified atom stereocenters. The number of nitrogens with two attached hydrogens (primary N) is 1. The number of amides is 2. The molecule has 51 heavy (non-hydrogen) atoms. The molecule has 1 aromatic carbocycles. The number of ketones is 2. The predicted octanol–water partition coefficient (Wildman–Crippen LogP) is 2.72. The Labute approximate surface area is 298 Å². The van der Waals surface area contributed by atoms with Crippen LogP contribution in [0.2, 0.25) is 0 Å². The molecule has 2 bridgehead atoms. The number of fused-ring (bicyclic) bond motifs is 7. The maximum atomic E-state index is 13.9. The Morgan fingerprint density at radius 2 is 1.78 bits per heavy atom. The summed E-state index contributed by atoms with van der Waals surface area (Å²) < 4.78 is 13.4. The van der Waals surface area contributed by atoms with Crippen molar-refractivity contribution in [2.45, 2.75) is 121 Å². The molecular formula is C40H51N3O8. The number of nitrogens with one attached hydrogen (secondary N) is 2. The van der Waals surface area contributed by atoms with Crippen molar-refractivity contribution in [3.05, 3.63) is 59.2 Å². The van der Waals surface area contributed by atoms with E-state index in [1.165, 1.54) is 5.56 Å². The van der Waals surface area contributed by atoms with Gasteiger partial charge in [0.1, 0.15) is 12.6 Å². The smallest absolute Gasteiger partial charge is 0.242 e. The van der Waals surface area contributed by atoms with Crippen LogP contribution in [0.5, 0.6) is 0 Å². The quantitative estimate of drug-likeness (QED) is 0.259. The second kappa shape index (κ2) is 11.6. The van der Waals surface area contributed by atoms with Crippen molar-refractivity contribution in [3.8, 4) is 0 Å². The van der Waals surface area contributed by atoms with Gasteiger partial charge in [-0.15, -0.1) is 0 Å². The van der Waals surface area contributed by atoms with Crippen LogP contribution in [0.25, 0.3) is 0 Å². The summed E-state index contributed by atoms with van der Waals surface area (Å²) in [5.41, 5.74) is 6.03. The van der Waals surface area contributed by atoms with Gasteiger partial charge in [0.15, 0.2) is 23.5 Å².